The lowest BCUT2D eigenvalue weighted by molar-refractivity contribution is -0.137. The summed E-state index contributed by atoms with van der Waals surface area (Å²) in [5.74, 6) is -14.7. The Bertz CT molecular complexity index is 4380. The molecule has 4 rings (SSSR count). The van der Waals surface area contributed by atoms with E-state index in [0.29, 0.717) is 75.3 Å². The minimum Gasteiger partial charge on any atom is -0.370 e. The van der Waals surface area contributed by atoms with Gasteiger partial charge in [0.25, 0.3) is 0 Å². The number of hydrogen-bond donors (Lipinski definition) is 24. The number of primary amides is 2. The van der Waals surface area contributed by atoms with Crippen LogP contribution in [0.1, 0.15) is 258 Å². The first-order chi connectivity index (χ1) is 67.3. The lowest BCUT2D eigenvalue weighted by atomic mass is 9.97. The molecule has 16 atom stereocenters. The second kappa shape index (κ2) is 67.6. The Hall–Kier alpha value is -11.7. The molecule has 17 amide bonds. The number of nitrogens with zero attached hydrogens (tertiary/aromatic N) is 3. The number of aromatic nitrogens is 3. The van der Waals surface area contributed by atoms with Crippen molar-refractivity contribution in [2.75, 3.05) is 39.3 Å². The third-order valence-electron chi connectivity index (χ3n) is 24.3. The number of nitrogens with one attached hydrogen (secondary N) is 15. The number of hydrogen-bond acceptors (Lipinski definition) is 26. The summed E-state index contributed by atoms with van der Waals surface area (Å²) in [6, 6.07) is -3.18. The fourth-order valence-corrected chi connectivity index (χ4v) is 15.9. The first-order valence-corrected chi connectivity index (χ1v) is 50.3. The molecular formula is C97H165N27O17. The van der Waals surface area contributed by atoms with E-state index in [4.69, 9.17) is 51.6 Å². The number of amides is 17. The highest BCUT2D eigenvalue weighted by atomic mass is 16.2. The quantitative estimate of drug-likeness (QED) is 0.0276. The zero-order chi connectivity index (χ0) is 104. The van der Waals surface area contributed by atoms with E-state index in [1.54, 1.807) is 80.7 Å². The van der Waals surface area contributed by atoms with E-state index in [2.05, 4.69) is 90.1 Å². The molecule has 1 aliphatic rings. The monoisotopic (exact) mass is 1980 g/mol. The average Bonchev–Trinajstić information content (AvgIpc) is 1.62. The molecule has 141 heavy (non-hydrogen) atoms. The molecule has 790 valence electrons. The summed E-state index contributed by atoms with van der Waals surface area (Å²) in [4.78, 5) is 247. The standard InChI is InChI=1S/C97H165N27O17/c1-9-62(8)82(105)97(141)121-77(54-61(6)7)94(138)113-72(90(134)120-79(56-64-32-14-11-15-33-64)96(140)117-75(83(106)127)52-59(2)3)40-22-29-51-124-58-65(122-123-124)57-107-81(126)44-42-74-92(136)112-67(35-17-24-46-99)85(129)110-71(39-21-28-50-103)89(133)119-78(55-63-30-12-10-13-31-63)95(139)114-69(37-19-26-48-101)86(130)109-70(38-20-27-49-102)88(132)118-76(53-60(4)5)93(137)116-73(41-43-80(104)125)91(135)111-66(34-16-23-45-98)84(128)108-68(87(131)115-74)36-18-25-47-100/h10-15,30-33,58-62,66-79,82H,9,16-29,34-57,98-103,105H2,1-8H3,(H2,104,125)(H2,106,127)(H,107,126)(H,108,128)(H,109,130)(H,110,129)(H,111,135)(H,112,136)(H,113,138)(H,114,139)(H,115,131)(H,116,137)(H,117,140)(H,118,132)(H,119,133)(H,120,134)(H,121,141)/t62-,66-,67-,68-,69-,70-,71-,72-,73-,74-,75-,76-,77-,78-,79-,82-/m0/s1. The summed E-state index contributed by atoms with van der Waals surface area (Å²) in [6.45, 7) is 15.6. The second-order valence-electron chi connectivity index (χ2n) is 37.9. The summed E-state index contributed by atoms with van der Waals surface area (Å²) in [5.41, 5.74) is 55.0. The molecule has 0 aliphatic carbocycles. The van der Waals surface area contributed by atoms with Gasteiger partial charge in [0.15, 0.2) is 0 Å². The summed E-state index contributed by atoms with van der Waals surface area (Å²) in [5, 5.41) is 50.0. The van der Waals surface area contributed by atoms with Crippen molar-refractivity contribution >= 4 is 100 Å². The van der Waals surface area contributed by atoms with Gasteiger partial charge in [-0.3, -0.25) is 86.2 Å². The smallest absolute Gasteiger partial charge is 0.243 e. The van der Waals surface area contributed by atoms with Crippen molar-refractivity contribution in [1.29, 1.82) is 0 Å². The Morgan fingerprint density at radius 3 is 1.09 bits per heavy atom. The Morgan fingerprint density at radius 2 is 0.709 bits per heavy atom. The van der Waals surface area contributed by atoms with Crippen molar-refractivity contribution in [3.8, 4) is 0 Å². The van der Waals surface area contributed by atoms with Gasteiger partial charge in [-0.25, -0.2) is 0 Å². The first kappa shape index (κ1) is 122. The summed E-state index contributed by atoms with van der Waals surface area (Å²) in [6.07, 6.45) is 4.20. The molecule has 1 saturated heterocycles. The van der Waals surface area contributed by atoms with Crippen LogP contribution in [0, 0.1) is 23.7 Å². The van der Waals surface area contributed by atoms with E-state index >= 15 is 28.8 Å². The summed E-state index contributed by atoms with van der Waals surface area (Å²) >= 11 is 0. The summed E-state index contributed by atoms with van der Waals surface area (Å²) < 4.78 is 1.48. The highest BCUT2D eigenvalue weighted by Gasteiger charge is 2.40. The molecule has 0 spiro atoms. The van der Waals surface area contributed by atoms with Gasteiger partial charge in [-0.15, -0.1) is 5.10 Å². The molecule has 2 heterocycles. The molecule has 44 heteroatoms. The van der Waals surface area contributed by atoms with Crippen LogP contribution < -0.4 is 131 Å². The zero-order valence-corrected chi connectivity index (χ0v) is 83.9. The highest BCUT2D eigenvalue weighted by molar-refractivity contribution is 6.01. The fourth-order valence-electron chi connectivity index (χ4n) is 15.9. The topological polar surface area (TPSA) is 736 Å². The Labute approximate surface area is 829 Å². The number of carbonyl (C=O) groups is 17. The summed E-state index contributed by atoms with van der Waals surface area (Å²) in [7, 11) is 0. The molecule has 0 radical (unpaired) electrons. The van der Waals surface area contributed by atoms with Gasteiger partial charge in [0.1, 0.15) is 90.3 Å². The normalized spacial score (nSPS) is 20.6. The van der Waals surface area contributed by atoms with Gasteiger partial charge in [0, 0.05) is 32.2 Å². The van der Waals surface area contributed by atoms with Gasteiger partial charge in [-0.2, -0.15) is 0 Å². The lowest BCUT2D eigenvalue weighted by Crippen LogP contribution is -2.61. The zero-order valence-electron chi connectivity index (χ0n) is 83.9. The van der Waals surface area contributed by atoms with Crippen molar-refractivity contribution < 1.29 is 81.5 Å². The van der Waals surface area contributed by atoms with Crippen LogP contribution in [0.2, 0.25) is 0 Å². The molecule has 44 nitrogen and oxygen atoms in total. The number of unbranched alkanes of at least 4 members (excludes halogenated alkanes) is 7. The molecule has 2 aromatic carbocycles. The maximum Gasteiger partial charge on any atom is 0.243 e. The first-order valence-electron chi connectivity index (χ1n) is 50.3. The van der Waals surface area contributed by atoms with Crippen molar-refractivity contribution in [1.82, 2.24) is 94.7 Å². The molecule has 1 fully saturated rings. The van der Waals surface area contributed by atoms with Gasteiger partial charge >= 0.3 is 0 Å². The van der Waals surface area contributed by atoms with Crippen LogP contribution in [0.15, 0.2) is 66.9 Å². The van der Waals surface area contributed by atoms with Gasteiger partial charge in [0.05, 0.1) is 18.8 Å². The largest absolute Gasteiger partial charge is 0.370 e. The van der Waals surface area contributed by atoms with E-state index in [1.165, 1.54) is 4.68 Å². The van der Waals surface area contributed by atoms with Gasteiger partial charge < -0.3 is 131 Å². The number of carbonyl (C=O) groups excluding carboxylic acids is 17. The van der Waals surface area contributed by atoms with Crippen LogP contribution >= 0.6 is 0 Å². The van der Waals surface area contributed by atoms with E-state index in [0.717, 1.165) is 0 Å². The SMILES string of the molecule is CC[C@H](C)[C@H](N)C(=O)N[C@@H](CC(C)C)C(=O)N[C@@H](CCCCn1cc(CNC(=O)CC[C@@H]2NC(=O)[C@H](CCCCN)NC(=O)[C@H](CCCCN)NC(=O)[C@H](CCC(N)=O)NC(=O)[C@H](CC(C)C)NC(=O)[C@H](CCCCN)NC(=O)[C@H](CCCCN)NC(=O)[C@H](Cc3ccccc3)NC(=O)[C@H](CCCCN)NC(=O)[C@H](CCCCN)NC2=O)nn1)C(=O)N[C@@H](Cc1ccccc1)C(=O)N[C@@H](CC(C)C)C(N)=O. The van der Waals surface area contributed by atoms with E-state index < -0.39 is 217 Å². The molecule has 1 aliphatic heterocycles. The third-order valence-corrected chi connectivity index (χ3v) is 24.3. The number of benzene rings is 2. The van der Waals surface area contributed by atoms with Crippen LogP contribution in [0.5, 0.6) is 0 Å². The van der Waals surface area contributed by atoms with Gasteiger partial charge in [-0.1, -0.05) is 128 Å². The molecule has 3 aromatic rings. The Morgan fingerprint density at radius 1 is 0.376 bits per heavy atom. The maximum atomic E-state index is 15.4. The van der Waals surface area contributed by atoms with Gasteiger partial charge in [0.2, 0.25) is 100 Å². The molecule has 0 saturated carbocycles. The Balaban J connectivity index is 1.85. The van der Waals surface area contributed by atoms with Gasteiger partial charge in [-0.05, 0) is 241 Å². The Kier molecular flexibility index (Phi) is 58.3. The predicted octanol–water partition coefficient (Wildman–Crippen LogP) is -1.83. The molecule has 1 aromatic heterocycles. The lowest BCUT2D eigenvalue weighted by Gasteiger charge is -2.29. The molecular weight excluding hydrogens is 1820 g/mol. The van der Waals surface area contributed by atoms with Crippen molar-refractivity contribution in [2.45, 2.75) is 358 Å². The van der Waals surface area contributed by atoms with Crippen molar-refractivity contribution in [2.24, 2.45) is 75.3 Å². The second-order valence-corrected chi connectivity index (χ2v) is 37.9. The number of nitrogens with two attached hydrogens (primary N) is 9. The average molecular weight is 1980 g/mol. The minimum absolute atomic E-state index is 0.00914. The molecule has 0 unspecified atom stereocenters. The van der Waals surface area contributed by atoms with E-state index in [-0.39, 0.29) is 191 Å². The highest BCUT2D eigenvalue weighted by Crippen LogP contribution is 2.20. The number of aryl methyl sites for hydroxylation is 1. The van der Waals surface area contributed by atoms with E-state index in [9.17, 15) is 52.7 Å². The van der Waals surface area contributed by atoms with Crippen molar-refractivity contribution in [3.05, 3.63) is 83.7 Å². The maximum absolute atomic E-state index is 15.4. The predicted molar refractivity (Wildman–Crippen MR) is 533 cm³/mol. The van der Waals surface area contributed by atoms with Crippen LogP contribution in [-0.4, -0.2) is 245 Å². The fraction of sp³-hybridized carbons (Fsp3) is 0.680. The van der Waals surface area contributed by atoms with Crippen LogP contribution in [-0.2, 0) is 107 Å². The number of rotatable bonds is 58. The minimum atomic E-state index is -1.71. The van der Waals surface area contributed by atoms with Crippen LogP contribution in [0.4, 0.5) is 0 Å². The van der Waals surface area contributed by atoms with Crippen LogP contribution in [0.25, 0.3) is 0 Å². The van der Waals surface area contributed by atoms with Crippen LogP contribution in [0.3, 0.4) is 0 Å². The molecule has 0 bridgehead atoms. The molecule has 33 N–H and O–H groups in total. The van der Waals surface area contributed by atoms with E-state index in [1.807, 2.05) is 41.5 Å². The van der Waals surface area contributed by atoms with Crippen molar-refractivity contribution in [3.63, 3.8) is 0 Å². The third kappa shape index (κ3) is 47.6.